The Labute approximate surface area is 145 Å². The molecule has 2 aromatic carbocycles. The average molecular weight is 362 g/mol. The molecule has 1 unspecified atom stereocenters. The highest BCUT2D eigenvalue weighted by atomic mass is 19.4. The summed E-state index contributed by atoms with van der Waals surface area (Å²) in [4.78, 5) is 24.1. The van der Waals surface area contributed by atoms with Gasteiger partial charge in [0, 0.05) is 11.1 Å². The SMILES string of the molecule is NC(=O)C(NC(=O)c1cccc(C2(C(F)(F)F)N=N2)c1)c1ccccc1. The van der Waals surface area contributed by atoms with Gasteiger partial charge in [0.25, 0.3) is 5.91 Å². The fraction of sp³-hybridized carbons (Fsp3) is 0.176. The van der Waals surface area contributed by atoms with Crippen molar-refractivity contribution < 1.29 is 22.8 Å². The lowest BCUT2D eigenvalue weighted by Crippen LogP contribution is -2.37. The molecule has 2 aromatic rings. The number of carbonyl (C=O) groups is 2. The van der Waals surface area contributed by atoms with Crippen LogP contribution in [0.25, 0.3) is 0 Å². The molecule has 9 heteroatoms. The van der Waals surface area contributed by atoms with E-state index in [-0.39, 0.29) is 11.1 Å². The number of nitrogens with one attached hydrogen (secondary N) is 1. The number of rotatable bonds is 5. The molecule has 0 fully saturated rings. The number of nitrogens with two attached hydrogens (primary N) is 1. The van der Waals surface area contributed by atoms with Crippen LogP contribution in [0.2, 0.25) is 0 Å². The van der Waals surface area contributed by atoms with Crippen LogP contribution < -0.4 is 11.1 Å². The molecule has 26 heavy (non-hydrogen) atoms. The topological polar surface area (TPSA) is 96.9 Å². The number of hydrogen-bond acceptors (Lipinski definition) is 4. The fourth-order valence-electron chi connectivity index (χ4n) is 2.50. The predicted octanol–water partition coefficient (Wildman–Crippen LogP) is 2.82. The molecular weight excluding hydrogens is 349 g/mol. The Bertz CT molecular complexity index is 875. The summed E-state index contributed by atoms with van der Waals surface area (Å²) in [6, 6.07) is 12.0. The molecular formula is C17H13F3N4O2. The number of primary amides is 1. The summed E-state index contributed by atoms with van der Waals surface area (Å²) in [5.41, 5.74) is 2.84. The van der Waals surface area contributed by atoms with Crippen molar-refractivity contribution in [1.29, 1.82) is 0 Å². The summed E-state index contributed by atoms with van der Waals surface area (Å²) in [7, 11) is 0. The Hall–Kier alpha value is -3.23. The van der Waals surface area contributed by atoms with Crippen molar-refractivity contribution in [2.45, 2.75) is 17.9 Å². The zero-order valence-electron chi connectivity index (χ0n) is 13.2. The van der Waals surface area contributed by atoms with Gasteiger partial charge in [-0.2, -0.15) is 13.2 Å². The summed E-state index contributed by atoms with van der Waals surface area (Å²) in [5.74, 6) is -1.53. The highest BCUT2D eigenvalue weighted by molar-refractivity contribution is 5.97. The van der Waals surface area contributed by atoms with E-state index < -0.39 is 29.7 Å². The normalized spacial score (nSPS) is 16.0. The second-order valence-corrected chi connectivity index (χ2v) is 5.67. The minimum Gasteiger partial charge on any atom is -0.368 e. The van der Waals surface area contributed by atoms with Gasteiger partial charge in [-0.05, 0) is 17.7 Å². The summed E-state index contributed by atoms with van der Waals surface area (Å²) >= 11 is 0. The molecule has 1 atom stereocenters. The predicted molar refractivity (Wildman–Crippen MR) is 84.9 cm³/mol. The van der Waals surface area contributed by atoms with E-state index in [2.05, 4.69) is 15.5 Å². The Balaban J connectivity index is 1.85. The van der Waals surface area contributed by atoms with Gasteiger partial charge in [0.15, 0.2) is 0 Å². The third kappa shape index (κ3) is 3.15. The fourth-order valence-corrected chi connectivity index (χ4v) is 2.50. The van der Waals surface area contributed by atoms with E-state index in [1.165, 1.54) is 18.2 Å². The van der Waals surface area contributed by atoms with E-state index in [0.29, 0.717) is 5.56 Å². The number of amides is 2. The number of hydrogen-bond donors (Lipinski definition) is 2. The third-order valence-corrected chi connectivity index (χ3v) is 3.92. The lowest BCUT2D eigenvalue weighted by Gasteiger charge is -2.17. The van der Waals surface area contributed by atoms with Crippen LogP contribution in [-0.4, -0.2) is 18.0 Å². The highest BCUT2D eigenvalue weighted by Gasteiger charge is 2.65. The third-order valence-electron chi connectivity index (χ3n) is 3.92. The summed E-state index contributed by atoms with van der Waals surface area (Å²) in [5, 5.41) is 8.64. The number of benzene rings is 2. The Morgan fingerprint density at radius 1 is 1.04 bits per heavy atom. The van der Waals surface area contributed by atoms with Crippen LogP contribution in [-0.2, 0) is 10.5 Å². The van der Waals surface area contributed by atoms with Gasteiger partial charge in [0.1, 0.15) is 6.04 Å². The number of carbonyl (C=O) groups excluding carboxylic acids is 2. The first-order chi connectivity index (χ1) is 12.2. The Morgan fingerprint density at radius 2 is 1.69 bits per heavy atom. The molecule has 6 nitrogen and oxygen atoms in total. The van der Waals surface area contributed by atoms with Crippen molar-refractivity contribution in [1.82, 2.24) is 5.32 Å². The molecule has 1 aliphatic rings. The van der Waals surface area contributed by atoms with E-state index >= 15 is 0 Å². The molecule has 0 aliphatic carbocycles. The van der Waals surface area contributed by atoms with Gasteiger partial charge in [-0.25, -0.2) is 0 Å². The Morgan fingerprint density at radius 3 is 2.23 bits per heavy atom. The van der Waals surface area contributed by atoms with Crippen LogP contribution in [0.15, 0.2) is 64.8 Å². The second-order valence-electron chi connectivity index (χ2n) is 5.67. The molecule has 3 N–H and O–H groups in total. The molecule has 2 amide bonds. The maximum absolute atomic E-state index is 13.1. The van der Waals surface area contributed by atoms with Crippen molar-refractivity contribution in [3.8, 4) is 0 Å². The van der Waals surface area contributed by atoms with Crippen LogP contribution >= 0.6 is 0 Å². The minimum atomic E-state index is -4.69. The monoisotopic (exact) mass is 362 g/mol. The molecule has 0 bridgehead atoms. The molecule has 0 radical (unpaired) electrons. The smallest absolute Gasteiger partial charge is 0.368 e. The molecule has 0 aromatic heterocycles. The average Bonchev–Trinajstić information content (AvgIpc) is 3.42. The molecule has 134 valence electrons. The van der Waals surface area contributed by atoms with Crippen molar-refractivity contribution in [2.24, 2.45) is 16.0 Å². The zero-order chi connectivity index (χ0) is 18.9. The van der Waals surface area contributed by atoms with E-state index in [4.69, 9.17) is 5.73 Å². The van der Waals surface area contributed by atoms with E-state index in [1.54, 1.807) is 30.3 Å². The van der Waals surface area contributed by atoms with Crippen LogP contribution in [0.1, 0.15) is 27.5 Å². The molecule has 0 saturated carbocycles. The number of halogens is 3. The van der Waals surface area contributed by atoms with Crippen LogP contribution in [0.4, 0.5) is 13.2 Å². The standard InChI is InChI=1S/C17H13F3N4O2/c18-17(19,20)16(23-24-16)12-8-4-7-11(9-12)15(26)22-13(14(21)25)10-5-2-1-3-6-10/h1-9,13H,(H2,21,25)(H,22,26). The van der Waals surface area contributed by atoms with Crippen molar-refractivity contribution in [3.63, 3.8) is 0 Å². The highest BCUT2D eigenvalue weighted by Crippen LogP contribution is 2.52. The van der Waals surface area contributed by atoms with Gasteiger partial charge in [0.05, 0.1) is 0 Å². The van der Waals surface area contributed by atoms with Crippen LogP contribution in [0.5, 0.6) is 0 Å². The van der Waals surface area contributed by atoms with Crippen molar-refractivity contribution >= 4 is 11.8 Å². The lowest BCUT2D eigenvalue weighted by atomic mass is 9.99. The number of alkyl halides is 3. The molecule has 0 saturated heterocycles. The van der Waals surface area contributed by atoms with Gasteiger partial charge in [-0.1, -0.05) is 42.5 Å². The van der Waals surface area contributed by atoms with Crippen LogP contribution in [0.3, 0.4) is 0 Å². The first-order valence-electron chi connectivity index (χ1n) is 7.51. The lowest BCUT2D eigenvalue weighted by molar-refractivity contribution is -0.166. The van der Waals surface area contributed by atoms with Gasteiger partial charge < -0.3 is 11.1 Å². The van der Waals surface area contributed by atoms with E-state index in [0.717, 1.165) is 6.07 Å². The first-order valence-corrected chi connectivity index (χ1v) is 7.51. The summed E-state index contributed by atoms with van der Waals surface area (Å²) in [6.45, 7) is 0. The largest absolute Gasteiger partial charge is 0.442 e. The summed E-state index contributed by atoms with van der Waals surface area (Å²) in [6.07, 6.45) is -4.69. The minimum absolute atomic E-state index is 0.0643. The van der Waals surface area contributed by atoms with Crippen molar-refractivity contribution in [2.75, 3.05) is 0 Å². The maximum Gasteiger partial charge on any atom is 0.442 e. The number of nitrogens with zero attached hydrogens (tertiary/aromatic N) is 2. The molecule has 1 aliphatic heterocycles. The maximum atomic E-state index is 13.1. The van der Waals surface area contributed by atoms with Crippen LogP contribution in [0, 0.1) is 0 Å². The summed E-state index contributed by atoms with van der Waals surface area (Å²) < 4.78 is 39.3. The van der Waals surface area contributed by atoms with E-state index in [9.17, 15) is 22.8 Å². The zero-order valence-corrected chi connectivity index (χ0v) is 13.2. The van der Waals surface area contributed by atoms with Gasteiger partial charge >= 0.3 is 11.8 Å². The van der Waals surface area contributed by atoms with Gasteiger partial charge in [-0.3, -0.25) is 9.59 Å². The first kappa shape index (κ1) is 17.6. The van der Waals surface area contributed by atoms with Gasteiger partial charge in [0.2, 0.25) is 5.91 Å². The molecule has 1 heterocycles. The molecule has 0 spiro atoms. The van der Waals surface area contributed by atoms with Gasteiger partial charge in [-0.15, -0.1) is 10.2 Å². The van der Waals surface area contributed by atoms with Crippen molar-refractivity contribution in [3.05, 3.63) is 71.3 Å². The second kappa shape index (κ2) is 6.25. The Kier molecular flexibility index (Phi) is 4.23. The van der Waals surface area contributed by atoms with E-state index in [1.807, 2.05) is 0 Å². The molecule has 3 rings (SSSR count). The quantitative estimate of drug-likeness (QED) is 0.855.